The van der Waals surface area contributed by atoms with Gasteiger partial charge in [-0.05, 0) is 58.3 Å². The van der Waals surface area contributed by atoms with E-state index >= 15 is 0 Å². The summed E-state index contributed by atoms with van der Waals surface area (Å²) in [6.07, 6.45) is 0. The number of halogens is 1. The number of aryl methyl sites for hydroxylation is 1. The van der Waals surface area contributed by atoms with Gasteiger partial charge in [-0.25, -0.2) is 0 Å². The summed E-state index contributed by atoms with van der Waals surface area (Å²) in [4.78, 5) is 12.9. The molecule has 1 aromatic heterocycles. The summed E-state index contributed by atoms with van der Waals surface area (Å²) in [5.41, 5.74) is 5.01. The van der Waals surface area contributed by atoms with E-state index in [0.717, 1.165) is 44.1 Å². The summed E-state index contributed by atoms with van der Waals surface area (Å²) in [5.74, 6) is 0. The van der Waals surface area contributed by atoms with Gasteiger partial charge in [0.05, 0.1) is 11.2 Å². The minimum Gasteiger partial charge on any atom is -0.343 e. The molecular weight excluding hydrogens is 378 g/mol. The first-order valence-corrected chi connectivity index (χ1v) is 9.87. The highest BCUT2D eigenvalue weighted by molar-refractivity contribution is 6.30. The first kappa shape index (κ1) is 17.7. The van der Waals surface area contributed by atoms with Gasteiger partial charge in [0.1, 0.15) is 0 Å². The van der Waals surface area contributed by atoms with E-state index in [4.69, 9.17) is 11.6 Å². The Balaban J connectivity index is 1.88. The van der Waals surface area contributed by atoms with E-state index in [9.17, 15) is 4.79 Å². The average Bonchev–Trinajstić information content (AvgIpc) is 2.76. The number of pyridine rings is 1. The van der Waals surface area contributed by atoms with Crippen LogP contribution in [0.4, 0.5) is 0 Å². The molecule has 0 atom stereocenters. The third-order valence-electron chi connectivity index (χ3n) is 5.48. The summed E-state index contributed by atoms with van der Waals surface area (Å²) in [6.45, 7) is 0. The van der Waals surface area contributed by atoms with Crippen LogP contribution in [0, 0.1) is 0 Å². The maximum atomic E-state index is 12.9. The van der Waals surface area contributed by atoms with Crippen LogP contribution < -0.4 is 5.43 Å². The Morgan fingerprint density at radius 2 is 1.34 bits per heavy atom. The van der Waals surface area contributed by atoms with Gasteiger partial charge >= 0.3 is 0 Å². The summed E-state index contributed by atoms with van der Waals surface area (Å²) >= 11 is 6.12. The van der Waals surface area contributed by atoms with Crippen molar-refractivity contribution in [1.82, 2.24) is 4.57 Å². The molecule has 0 spiro atoms. The average molecular weight is 396 g/mol. The van der Waals surface area contributed by atoms with Gasteiger partial charge < -0.3 is 4.57 Å². The largest absolute Gasteiger partial charge is 0.343 e. The third kappa shape index (κ3) is 3.02. The second-order valence-electron chi connectivity index (χ2n) is 7.22. The summed E-state index contributed by atoms with van der Waals surface area (Å²) in [5, 5.41) is 3.73. The lowest BCUT2D eigenvalue weighted by Crippen LogP contribution is -2.09. The van der Waals surface area contributed by atoms with Crippen molar-refractivity contribution in [3.8, 4) is 22.4 Å². The molecule has 0 N–H and O–H groups in total. The first-order valence-electron chi connectivity index (χ1n) is 9.50. The van der Waals surface area contributed by atoms with E-state index in [1.807, 2.05) is 67.7 Å². The fourth-order valence-corrected chi connectivity index (χ4v) is 4.11. The van der Waals surface area contributed by atoms with Gasteiger partial charge in [0.2, 0.25) is 0 Å². The number of hydrogen-bond acceptors (Lipinski definition) is 1. The number of aromatic nitrogens is 1. The standard InChI is InChI=1S/C26H18ClNO/c1-28-24-9-5-4-8-21(24)26(29)16-25(28)23-15-19-7-3-2-6-18(19)14-22(23)17-10-12-20(27)13-11-17/h2-16H,1H3. The smallest absolute Gasteiger partial charge is 0.190 e. The lowest BCUT2D eigenvalue weighted by molar-refractivity contribution is 0.961. The van der Waals surface area contributed by atoms with Gasteiger partial charge in [-0.15, -0.1) is 0 Å². The SMILES string of the molecule is Cn1c(-c2cc3ccccc3cc2-c2ccc(Cl)cc2)cc(=O)c2ccccc21. The molecule has 0 aliphatic carbocycles. The van der Waals surface area contributed by atoms with Crippen LogP contribution in [0.1, 0.15) is 0 Å². The van der Waals surface area contributed by atoms with Crippen molar-refractivity contribution in [1.29, 1.82) is 0 Å². The van der Waals surface area contributed by atoms with Crippen molar-refractivity contribution in [3.63, 3.8) is 0 Å². The fourth-order valence-electron chi connectivity index (χ4n) is 3.98. The van der Waals surface area contributed by atoms with Crippen LogP contribution >= 0.6 is 11.6 Å². The molecule has 0 radical (unpaired) electrons. The first-order chi connectivity index (χ1) is 14.1. The number of para-hydroxylation sites is 1. The van der Waals surface area contributed by atoms with Crippen LogP contribution in [0.2, 0.25) is 5.02 Å². The maximum Gasteiger partial charge on any atom is 0.190 e. The van der Waals surface area contributed by atoms with E-state index in [1.54, 1.807) is 6.07 Å². The summed E-state index contributed by atoms with van der Waals surface area (Å²) in [6, 6.07) is 30.0. The Hall–Kier alpha value is -3.36. The van der Waals surface area contributed by atoms with Crippen molar-refractivity contribution >= 4 is 33.3 Å². The molecule has 0 bridgehead atoms. The number of rotatable bonds is 2. The Morgan fingerprint density at radius 3 is 2.07 bits per heavy atom. The molecule has 3 heteroatoms. The third-order valence-corrected chi connectivity index (χ3v) is 5.73. The van der Waals surface area contributed by atoms with Crippen LogP contribution in [0.3, 0.4) is 0 Å². The van der Waals surface area contributed by atoms with Crippen LogP contribution in [0.15, 0.2) is 95.8 Å². The monoisotopic (exact) mass is 395 g/mol. The molecule has 0 aliphatic heterocycles. The van der Waals surface area contributed by atoms with E-state index in [1.165, 1.54) is 0 Å². The zero-order chi connectivity index (χ0) is 20.0. The van der Waals surface area contributed by atoms with Crippen molar-refractivity contribution in [3.05, 3.63) is 106 Å². The quantitative estimate of drug-likeness (QED) is 0.327. The Labute approximate surface area is 173 Å². The second kappa shape index (κ2) is 6.91. The zero-order valence-electron chi connectivity index (χ0n) is 15.9. The highest BCUT2D eigenvalue weighted by atomic mass is 35.5. The fraction of sp³-hybridized carbons (Fsp3) is 0.0385. The molecule has 0 amide bonds. The molecule has 2 nitrogen and oxygen atoms in total. The van der Waals surface area contributed by atoms with E-state index in [0.29, 0.717) is 5.02 Å². The number of hydrogen-bond donors (Lipinski definition) is 0. The van der Waals surface area contributed by atoms with Crippen molar-refractivity contribution in [2.75, 3.05) is 0 Å². The molecule has 5 aromatic rings. The van der Waals surface area contributed by atoms with Crippen LogP contribution in [0.25, 0.3) is 44.1 Å². The molecule has 1 heterocycles. The molecule has 0 aliphatic rings. The maximum absolute atomic E-state index is 12.9. The molecule has 29 heavy (non-hydrogen) atoms. The molecule has 4 aromatic carbocycles. The van der Waals surface area contributed by atoms with Gasteiger partial charge in [-0.3, -0.25) is 4.79 Å². The lowest BCUT2D eigenvalue weighted by Gasteiger charge is -2.17. The predicted molar refractivity (Wildman–Crippen MR) is 123 cm³/mol. The second-order valence-corrected chi connectivity index (χ2v) is 7.66. The Bertz CT molecular complexity index is 1430. The minimum atomic E-state index is 0.0314. The number of benzene rings is 4. The zero-order valence-corrected chi connectivity index (χ0v) is 16.6. The molecule has 140 valence electrons. The van der Waals surface area contributed by atoms with Gasteiger partial charge in [0.25, 0.3) is 0 Å². The summed E-state index contributed by atoms with van der Waals surface area (Å²) in [7, 11) is 2.01. The Kier molecular flexibility index (Phi) is 4.22. The van der Waals surface area contributed by atoms with E-state index < -0.39 is 0 Å². The van der Waals surface area contributed by atoms with Gasteiger partial charge in [0.15, 0.2) is 5.43 Å². The summed E-state index contributed by atoms with van der Waals surface area (Å²) < 4.78 is 2.10. The van der Waals surface area contributed by atoms with Gasteiger partial charge in [-0.1, -0.05) is 60.1 Å². The minimum absolute atomic E-state index is 0.0314. The molecule has 0 saturated carbocycles. The van der Waals surface area contributed by atoms with Crippen LogP contribution in [-0.4, -0.2) is 4.57 Å². The molecular formula is C26H18ClNO. The lowest BCUT2D eigenvalue weighted by atomic mass is 9.93. The van der Waals surface area contributed by atoms with Crippen molar-refractivity contribution in [2.45, 2.75) is 0 Å². The van der Waals surface area contributed by atoms with Gasteiger partial charge in [-0.2, -0.15) is 0 Å². The van der Waals surface area contributed by atoms with E-state index in [2.05, 4.69) is 28.8 Å². The topological polar surface area (TPSA) is 22.0 Å². The normalized spacial score (nSPS) is 11.2. The molecule has 0 fully saturated rings. The van der Waals surface area contributed by atoms with Gasteiger partial charge in [0, 0.05) is 29.1 Å². The van der Waals surface area contributed by atoms with Crippen LogP contribution in [-0.2, 0) is 7.05 Å². The molecule has 0 unspecified atom stereocenters. The molecule has 5 rings (SSSR count). The number of nitrogens with zero attached hydrogens (tertiary/aromatic N) is 1. The van der Waals surface area contributed by atoms with Crippen LogP contribution in [0.5, 0.6) is 0 Å². The van der Waals surface area contributed by atoms with Crippen molar-refractivity contribution in [2.24, 2.45) is 7.05 Å². The highest BCUT2D eigenvalue weighted by Crippen LogP contribution is 2.36. The Morgan fingerprint density at radius 1 is 0.724 bits per heavy atom. The predicted octanol–water partition coefficient (Wildman–Crippen LogP) is 6.68. The molecule has 0 saturated heterocycles. The van der Waals surface area contributed by atoms with E-state index in [-0.39, 0.29) is 5.43 Å². The van der Waals surface area contributed by atoms with Crippen molar-refractivity contribution < 1.29 is 0 Å². The highest BCUT2D eigenvalue weighted by Gasteiger charge is 2.14. The number of fused-ring (bicyclic) bond motifs is 2.